The molecule has 0 bridgehead atoms. The number of rotatable bonds is 3. The van der Waals surface area contributed by atoms with Crippen LogP contribution in [0, 0.1) is 6.92 Å². The molecule has 1 fully saturated rings. The Kier molecular flexibility index (Phi) is 3.71. The van der Waals surface area contributed by atoms with Crippen LogP contribution in [0.25, 0.3) is 0 Å². The molecule has 6 heteroatoms. The second-order valence-electron chi connectivity index (χ2n) is 4.88. The Hall–Kier alpha value is -2.24. The van der Waals surface area contributed by atoms with Gasteiger partial charge in [-0.05, 0) is 19.1 Å². The molecule has 2 aromatic rings. The Bertz CT molecular complexity index is 537. The quantitative estimate of drug-likeness (QED) is 0.845. The van der Waals surface area contributed by atoms with Crippen molar-refractivity contribution in [3.05, 3.63) is 36.4 Å². The van der Waals surface area contributed by atoms with E-state index in [0.29, 0.717) is 5.88 Å². The Balaban J connectivity index is 1.55. The highest BCUT2D eigenvalue weighted by Crippen LogP contribution is 2.20. The molecule has 3 rings (SSSR count). The third-order valence-electron chi connectivity index (χ3n) is 3.38. The summed E-state index contributed by atoms with van der Waals surface area (Å²) in [4.78, 5) is 10.4. The van der Waals surface area contributed by atoms with Crippen LogP contribution in [0.4, 0.5) is 5.82 Å². The summed E-state index contributed by atoms with van der Waals surface area (Å²) in [5, 5.41) is 8.32. The molecule has 0 saturated carbocycles. The molecule has 0 atom stereocenters. The zero-order valence-corrected chi connectivity index (χ0v) is 11.4. The first-order valence-electron chi connectivity index (χ1n) is 6.79. The summed E-state index contributed by atoms with van der Waals surface area (Å²) < 4.78 is 5.82. The van der Waals surface area contributed by atoms with Gasteiger partial charge in [0.25, 0.3) is 0 Å². The van der Waals surface area contributed by atoms with Gasteiger partial charge in [-0.2, -0.15) is 5.10 Å². The second kappa shape index (κ2) is 5.81. The lowest BCUT2D eigenvalue weighted by atomic mass is 10.1. The van der Waals surface area contributed by atoms with Crippen LogP contribution in [-0.4, -0.2) is 39.4 Å². The van der Waals surface area contributed by atoms with Crippen molar-refractivity contribution in [2.24, 2.45) is 0 Å². The number of aryl methyl sites for hydroxylation is 1. The first-order chi connectivity index (χ1) is 9.81. The lowest BCUT2D eigenvalue weighted by Crippen LogP contribution is -2.38. The number of ether oxygens (including phenoxy) is 1. The summed E-state index contributed by atoms with van der Waals surface area (Å²) in [7, 11) is 0. The SMILES string of the molecule is Cc1ccc(N2CCC(Oc3cnccn3)CC2)nn1. The molecular formula is C14H17N5O. The van der Waals surface area contributed by atoms with Gasteiger partial charge >= 0.3 is 0 Å². The van der Waals surface area contributed by atoms with Crippen LogP contribution in [0.1, 0.15) is 18.5 Å². The van der Waals surface area contributed by atoms with Gasteiger partial charge in [0.05, 0.1) is 11.9 Å². The Labute approximate surface area is 117 Å². The highest BCUT2D eigenvalue weighted by atomic mass is 16.5. The first-order valence-corrected chi connectivity index (χ1v) is 6.79. The molecule has 0 N–H and O–H groups in total. The topological polar surface area (TPSA) is 64.0 Å². The van der Waals surface area contributed by atoms with Crippen LogP contribution < -0.4 is 9.64 Å². The van der Waals surface area contributed by atoms with Crippen LogP contribution >= 0.6 is 0 Å². The third-order valence-corrected chi connectivity index (χ3v) is 3.38. The fraction of sp³-hybridized carbons (Fsp3) is 0.429. The average molecular weight is 271 g/mol. The smallest absolute Gasteiger partial charge is 0.232 e. The Morgan fingerprint density at radius 2 is 2.00 bits per heavy atom. The van der Waals surface area contributed by atoms with Gasteiger partial charge in [0.1, 0.15) is 6.10 Å². The number of hydrogen-bond acceptors (Lipinski definition) is 6. The van der Waals surface area contributed by atoms with Gasteiger partial charge in [0.15, 0.2) is 5.82 Å². The average Bonchev–Trinajstić information content (AvgIpc) is 2.50. The molecule has 0 radical (unpaired) electrons. The minimum atomic E-state index is 0.196. The Morgan fingerprint density at radius 1 is 1.15 bits per heavy atom. The fourth-order valence-electron chi connectivity index (χ4n) is 2.28. The normalized spacial score (nSPS) is 16.1. The number of anilines is 1. The largest absolute Gasteiger partial charge is 0.473 e. The molecule has 0 spiro atoms. The van der Waals surface area contributed by atoms with E-state index in [1.807, 2.05) is 19.1 Å². The molecule has 6 nitrogen and oxygen atoms in total. The zero-order chi connectivity index (χ0) is 13.8. The van der Waals surface area contributed by atoms with Crippen molar-refractivity contribution >= 4 is 5.82 Å². The zero-order valence-electron chi connectivity index (χ0n) is 11.4. The van der Waals surface area contributed by atoms with Gasteiger partial charge in [-0.3, -0.25) is 4.98 Å². The highest BCUT2D eigenvalue weighted by Gasteiger charge is 2.21. The molecule has 2 aromatic heterocycles. The van der Waals surface area contributed by atoms with Crippen molar-refractivity contribution in [2.75, 3.05) is 18.0 Å². The molecule has 0 amide bonds. The van der Waals surface area contributed by atoms with Gasteiger partial charge in [0, 0.05) is 38.3 Å². The molecule has 1 saturated heterocycles. The number of aromatic nitrogens is 4. The number of piperidine rings is 1. The lowest BCUT2D eigenvalue weighted by Gasteiger charge is -2.32. The predicted molar refractivity (Wildman–Crippen MR) is 74.7 cm³/mol. The van der Waals surface area contributed by atoms with E-state index in [0.717, 1.165) is 37.4 Å². The molecule has 0 unspecified atom stereocenters. The van der Waals surface area contributed by atoms with Crippen LogP contribution in [0.15, 0.2) is 30.7 Å². The van der Waals surface area contributed by atoms with Gasteiger partial charge in [0.2, 0.25) is 5.88 Å². The summed E-state index contributed by atoms with van der Waals surface area (Å²) in [6.07, 6.45) is 7.04. The van der Waals surface area contributed by atoms with Gasteiger partial charge in [-0.15, -0.1) is 5.10 Å². The van der Waals surface area contributed by atoms with Crippen LogP contribution in [0.2, 0.25) is 0 Å². The highest BCUT2D eigenvalue weighted by molar-refractivity contribution is 5.37. The minimum Gasteiger partial charge on any atom is -0.473 e. The Morgan fingerprint density at radius 3 is 2.65 bits per heavy atom. The van der Waals surface area contributed by atoms with Crippen molar-refractivity contribution in [1.82, 2.24) is 20.2 Å². The van der Waals surface area contributed by atoms with Crippen molar-refractivity contribution in [1.29, 1.82) is 0 Å². The monoisotopic (exact) mass is 271 g/mol. The van der Waals surface area contributed by atoms with Gasteiger partial charge in [-0.25, -0.2) is 4.98 Å². The summed E-state index contributed by atoms with van der Waals surface area (Å²) in [5.41, 5.74) is 0.939. The van der Waals surface area contributed by atoms with Crippen LogP contribution in [-0.2, 0) is 0 Å². The standard InChI is InChI=1S/C14H17N5O/c1-11-2-3-13(18-17-11)19-8-4-12(5-9-19)20-14-10-15-6-7-16-14/h2-3,6-7,10,12H,4-5,8-9H2,1H3. The molecule has 0 aromatic carbocycles. The van der Waals surface area contributed by atoms with Crippen LogP contribution in [0.3, 0.4) is 0 Å². The second-order valence-corrected chi connectivity index (χ2v) is 4.88. The van der Waals surface area contributed by atoms with Crippen LogP contribution in [0.5, 0.6) is 5.88 Å². The van der Waals surface area contributed by atoms with E-state index in [2.05, 4.69) is 25.1 Å². The van der Waals surface area contributed by atoms with E-state index in [-0.39, 0.29) is 6.10 Å². The van der Waals surface area contributed by atoms with Crippen molar-refractivity contribution < 1.29 is 4.74 Å². The maximum atomic E-state index is 5.82. The van der Waals surface area contributed by atoms with E-state index in [1.165, 1.54) is 0 Å². The number of nitrogens with zero attached hydrogens (tertiary/aromatic N) is 5. The maximum absolute atomic E-state index is 5.82. The molecule has 104 valence electrons. The van der Waals surface area contributed by atoms with Crippen molar-refractivity contribution in [2.45, 2.75) is 25.9 Å². The molecule has 0 aliphatic carbocycles. The maximum Gasteiger partial charge on any atom is 0.232 e. The summed E-state index contributed by atoms with van der Waals surface area (Å²) in [6, 6.07) is 4.01. The molecule has 3 heterocycles. The summed E-state index contributed by atoms with van der Waals surface area (Å²) >= 11 is 0. The van der Waals surface area contributed by atoms with E-state index in [9.17, 15) is 0 Å². The first kappa shape index (κ1) is 12.8. The van der Waals surface area contributed by atoms with Gasteiger partial charge in [-0.1, -0.05) is 0 Å². The number of hydrogen-bond donors (Lipinski definition) is 0. The third kappa shape index (κ3) is 3.01. The van der Waals surface area contributed by atoms with Crippen molar-refractivity contribution in [3.63, 3.8) is 0 Å². The fourth-order valence-corrected chi connectivity index (χ4v) is 2.28. The summed E-state index contributed by atoms with van der Waals surface area (Å²) in [6.45, 7) is 3.78. The van der Waals surface area contributed by atoms with E-state index < -0.39 is 0 Å². The van der Waals surface area contributed by atoms with Gasteiger partial charge < -0.3 is 9.64 Å². The predicted octanol–water partition coefficient (Wildman–Crippen LogP) is 1.62. The summed E-state index contributed by atoms with van der Waals surface area (Å²) in [5.74, 6) is 1.54. The van der Waals surface area contributed by atoms with E-state index >= 15 is 0 Å². The lowest BCUT2D eigenvalue weighted by molar-refractivity contribution is 0.163. The van der Waals surface area contributed by atoms with E-state index in [1.54, 1.807) is 18.6 Å². The molecular weight excluding hydrogens is 254 g/mol. The van der Waals surface area contributed by atoms with Crippen molar-refractivity contribution in [3.8, 4) is 5.88 Å². The molecule has 1 aliphatic heterocycles. The van der Waals surface area contributed by atoms with E-state index in [4.69, 9.17) is 4.74 Å². The minimum absolute atomic E-state index is 0.196. The molecule has 20 heavy (non-hydrogen) atoms. The molecule has 1 aliphatic rings.